The smallest absolute Gasteiger partial charge is 0.149 e. The molecule has 1 aromatic carbocycles. The van der Waals surface area contributed by atoms with Gasteiger partial charge in [-0.2, -0.15) is 0 Å². The lowest BCUT2D eigenvalue weighted by Crippen LogP contribution is -1.96. The predicted molar refractivity (Wildman–Crippen MR) is 70.3 cm³/mol. The third kappa shape index (κ3) is 2.35. The van der Waals surface area contributed by atoms with Gasteiger partial charge in [-0.05, 0) is 29.7 Å². The minimum Gasteiger partial charge on any atom is -0.496 e. The molecule has 0 aliphatic heterocycles. The van der Waals surface area contributed by atoms with E-state index in [4.69, 9.17) is 4.74 Å². The van der Waals surface area contributed by atoms with Gasteiger partial charge in [-0.25, -0.2) is 4.39 Å². The second-order valence-corrected chi connectivity index (χ2v) is 4.45. The Kier molecular flexibility index (Phi) is 3.60. The summed E-state index contributed by atoms with van der Waals surface area (Å²) in [6.45, 7) is 4.19. The van der Waals surface area contributed by atoms with Crippen LogP contribution >= 0.6 is 0 Å². The Hall–Kier alpha value is -1.90. The zero-order valence-electron chi connectivity index (χ0n) is 10.8. The first-order valence-electron chi connectivity index (χ1n) is 5.92. The second kappa shape index (κ2) is 5.17. The zero-order chi connectivity index (χ0) is 13.1. The van der Waals surface area contributed by atoms with Gasteiger partial charge < -0.3 is 4.74 Å². The summed E-state index contributed by atoms with van der Waals surface area (Å²) < 4.78 is 19.0. The number of aromatic nitrogens is 1. The topological polar surface area (TPSA) is 22.1 Å². The van der Waals surface area contributed by atoms with Crippen molar-refractivity contribution in [2.24, 2.45) is 0 Å². The number of hydrogen-bond acceptors (Lipinski definition) is 2. The molecule has 3 heteroatoms. The minimum absolute atomic E-state index is 0.322. The highest BCUT2D eigenvalue weighted by Gasteiger charge is 2.11. The van der Waals surface area contributed by atoms with Gasteiger partial charge in [0.2, 0.25) is 0 Å². The first kappa shape index (κ1) is 12.6. The van der Waals surface area contributed by atoms with Crippen molar-refractivity contribution in [1.82, 2.24) is 4.98 Å². The van der Waals surface area contributed by atoms with Crippen LogP contribution in [0.1, 0.15) is 25.3 Å². The zero-order valence-corrected chi connectivity index (χ0v) is 10.8. The fourth-order valence-corrected chi connectivity index (χ4v) is 1.93. The molecule has 0 amide bonds. The van der Waals surface area contributed by atoms with Gasteiger partial charge in [-0.3, -0.25) is 4.98 Å². The maximum absolute atomic E-state index is 13.7. The average molecular weight is 245 g/mol. The van der Waals surface area contributed by atoms with E-state index in [0.29, 0.717) is 11.6 Å². The minimum atomic E-state index is -0.322. The van der Waals surface area contributed by atoms with E-state index in [1.165, 1.54) is 6.07 Å². The Morgan fingerprint density at radius 1 is 1.22 bits per heavy atom. The van der Waals surface area contributed by atoms with Crippen molar-refractivity contribution in [3.63, 3.8) is 0 Å². The molecule has 0 atom stereocenters. The molecule has 0 spiro atoms. The molecule has 0 saturated carbocycles. The third-order valence-corrected chi connectivity index (χ3v) is 2.89. The molecule has 2 aromatic rings. The molecule has 0 saturated heterocycles. The first-order valence-corrected chi connectivity index (χ1v) is 5.92. The van der Waals surface area contributed by atoms with Crippen molar-refractivity contribution >= 4 is 0 Å². The van der Waals surface area contributed by atoms with Crippen LogP contribution in [0, 0.1) is 5.82 Å². The number of pyridine rings is 1. The lowest BCUT2D eigenvalue weighted by molar-refractivity contribution is 0.407. The number of nitrogens with zero attached hydrogens (tertiary/aromatic N) is 1. The van der Waals surface area contributed by atoms with Crippen LogP contribution in [-0.4, -0.2) is 12.1 Å². The molecule has 94 valence electrons. The summed E-state index contributed by atoms with van der Waals surface area (Å²) >= 11 is 0. The Morgan fingerprint density at radius 2 is 2.00 bits per heavy atom. The van der Waals surface area contributed by atoms with Crippen LogP contribution in [0.4, 0.5) is 4.39 Å². The van der Waals surface area contributed by atoms with E-state index in [-0.39, 0.29) is 5.82 Å². The van der Waals surface area contributed by atoms with Crippen molar-refractivity contribution in [2.45, 2.75) is 19.8 Å². The maximum Gasteiger partial charge on any atom is 0.149 e. The Morgan fingerprint density at radius 3 is 2.61 bits per heavy atom. The monoisotopic (exact) mass is 245 g/mol. The molecule has 0 radical (unpaired) electrons. The van der Waals surface area contributed by atoms with Crippen molar-refractivity contribution in [3.8, 4) is 17.0 Å². The summed E-state index contributed by atoms with van der Waals surface area (Å²) in [5.41, 5.74) is 2.19. The SMILES string of the molecule is COc1cc(-c2ncccc2F)ccc1C(C)C. The molecule has 1 aromatic heterocycles. The number of benzene rings is 1. The number of halogens is 1. The fraction of sp³-hybridized carbons (Fsp3) is 0.267. The molecule has 1 heterocycles. The normalized spacial score (nSPS) is 10.7. The first-order chi connectivity index (χ1) is 8.63. The molecular weight excluding hydrogens is 229 g/mol. The lowest BCUT2D eigenvalue weighted by atomic mass is 9.99. The Bertz CT molecular complexity index is 552. The van der Waals surface area contributed by atoms with Gasteiger partial charge in [0.25, 0.3) is 0 Å². The van der Waals surface area contributed by atoms with Crippen molar-refractivity contribution in [3.05, 3.63) is 47.9 Å². The Labute approximate surface area is 106 Å². The molecular formula is C15H16FNO. The maximum atomic E-state index is 13.7. The molecule has 0 fully saturated rings. The van der Waals surface area contributed by atoms with Crippen LogP contribution in [0.5, 0.6) is 5.75 Å². The van der Waals surface area contributed by atoms with Crippen LogP contribution in [0.25, 0.3) is 11.3 Å². The van der Waals surface area contributed by atoms with Gasteiger partial charge in [-0.15, -0.1) is 0 Å². The van der Waals surface area contributed by atoms with Gasteiger partial charge in [-0.1, -0.05) is 26.0 Å². The van der Waals surface area contributed by atoms with E-state index < -0.39 is 0 Å². The number of rotatable bonds is 3. The molecule has 2 rings (SSSR count). The molecule has 0 bridgehead atoms. The highest BCUT2D eigenvalue weighted by atomic mass is 19.1. The third-order valence-electron chi connectivity index (χ3n) is 2.89. The van der Waals surface area contributed by atoms with E-state index in [1.807, 2.05) is 18.2 Å². The van der Waals surface area contributed by atoms with Gasteiger partial charge in [0.05, 0.1) is 7.11 Å². The van der Waals surface area contributed by atoms with Crippen LogP contribution < -0.4 is 4.74 Å². The predicted octanol–water partition coefficient (Wildman–Crippen LogP) is 4.02. The van der Waals surface area contributed by atoms with Gasteiger partial charge >= 0.3 is 0 Å². The summed E-state index contributed by atoms with van der Waals surface area (Å²) in [6.07, 6.45) is 1.58. The average Bonchev–Trinajstić information content (AvgIpc) is 2.38. The van der Waals surface area contributed by atoms with Crippen molar-refractivity contribution < 1.29 is 9.13 Å². The molecule has 0 unspecified atom stereocenters. The largest absolute Gasteiger partial charge is 0.496 e. The number of methoxy groups -OCH3 is 1. The van der Waals surface area contributed by atoms with Gasteiger partial charge in [0.1, 0.15) is 17.3 Å². The van der Waals surface area contributed by atoms with Crippen LogP contribution in [-0.2, 0) is 0 Å². The highest BCUT2D eigenvalue weighted by molar-refractivity contribution is 5.63. The van der Waals surface area contributed by atoms with E-state index >= 15 is 0 Å². The molecule has 0 aliphatic rings. The van der Waals surface area contributed by atoms with Gasteiger partial charge in [0, 0.05) is 11.8 Å². The van der Waals surface area contributed by atoms with Gasteiger partial charge in [0.15, 0.2) is 0 Å². The summed E-state index contributed by atoms with van der Waals surface area (Å²) in [6, 6.07) is 8.67. The number of ether oxygens (including phenoxy) is 1. The Balaban J connectivity index is 2.51. The van der Waals surface area contributed by atoms with Crippen LogP contribution in [0.2, 0.25) is 0 Å². The van der Waals surface area contributed by atoms with E-state index in [9.17, 15) is 4.39 Å². The summed E-state index contributed by atoms with van der Waals surface area (Å²) in [4.78, 5) is 4.07. The second-order valence-electron chi connectivity index (χ2n) is 4.45. The van der Waals surface area contributed by atoms with Crippen molar-refractivity contribution in [2.75, 3.05) is 7.11 Å². The summed E-state index contributed by atoms with van der Waals surface area (Å²) in [5.74, 6) is 0.812. The molecule has 2 nitrogen and oxygen atoms in total. The fourth-order valence-electron chi connectivity index (χ4n) is 1.93. The van der Waals surface area contributed by atoms with Crippen LogP contribution in [0.15, 0.2) is 36.5 Å². The van der Waals surface area contributed by atoms with E-state index in [1.54, 1.807) is 19.4 Å². The van der Waals surface area contributed by atoms with Crippen molar-refractivity contribution in [1.29, 1.82) is 0 Å². The molecule has 18 heavy (non-hydrogen) atoms. The lowest BCUT2D eigenvalue weighted by Gasteiger charge is -2.13. The van der Waals surface area contributed by atoms with Crippen LogP contribution in [0.3, 0.4) is 0 Å². The summed E-state index contributed by atoms with van der Waals surface area (Å²) in [5, 5.41) is 0. The quantitative estimate of drug-likeness (QED) is 0.814. The van der Waals surface area contributed by atoms with E-state index in [0.717, 1.165) is 16.9 Å². The highest BCUT2D eigenvalue weighted by Crippen LogP contribution is 2.31. The van der Waals surface area contributed by atoms with E-state index in [2.05, 4.69) is 18.8 Å². The molecule has 0 N–H and O–H groups in total. The standard InChI is InChI=1S/C15H16FNO/c1-10(2)12-7-6-11(9-14(12)18-3)15-13(16)5-4-8-17-15/h4-10H,1-3H3. The summed E-state index contributed by atoms with van der Waals surface area (Å²) in [7, 11) is 1.62. The number of hydrogen-bond donors (Lipinski definition) is 0. The molecule has 0 aliphatic carbocycles.